The molecule has 138 valence electrons. The van der Waals surface area contributed by atoms with Crippen molar-refractivity contribution in [3.8, 4) is 0 Å². The van der Waals surface area contributed by atoms with Gasteiger partial charge in [-0.1, -0.05) is 35.9 Å². The van der Waals surface area contributed by atoms with Gasteiger partial charge in [-0.3, -0.25) is 15.0 Å². The Kier molecular flexibility index (Phi) is 4.97. The van der Waals surface area contributed by atoms with Crippen molar-refractivity contribution in [1.29, 1.82) is 0 Å². The van der Waals surface area contributed by atoms with Crippen LogP contribution in [-0.4, -0.2) is 20.9 Å². The van der Waals surface area contributed by atoms with Crippen LogP contribution in [0, 0.1) is 10.1 Å². The van der Waals surface area contributed by atoms with Crippen LogP contribution in [0.1, 0.15) is 29.3 Å². The minimum Gasteiger partial charge on any atom is -0.350 e. The maximum atomic E-state index is 10.9. The number of aryl methyl sites for hydroxylation is 1. The van der Waals surface area contributed by atoms with Gasteiger partial charge in [0.2, 0.25) is 0 Å². The Morgan fingerprint density at radius 1 is 1.07 bits per heavy atom. The molecule has 0 saturated heterocycles. The number of fused-ring (bicyclic) bond motifs is 1. The predicted octanol–water partition coefficient (Wildman–Crippen LogP) is 5.05. The quantitative estimate of drug-likeness (QED) is 0.469. The fraction of sp³-hybridized carbons (Fsp3) is 0.238. The van der Waals surface area contributed by atoms with Crippen molar-refractivity contribution in [2.24, 2.45) is 0 Å². The second-order valence-electron chi connectivity index (χ2n) is 6.83. The Balaban J connectivity index is 1.69. The molecule has 0 N–H and O–H groups in total. The molecule has 1 aliphatic rings. The van der Waals surface area contributed by atoms with E-state index in [4.69, 9.17) is 11.6 Å². The predicted molar refractivity (Wildman–Crippen MR) is 106 cm³/mol. The lowest BCUT2D eigenvalue weighted by Crippen LogP contribution is -2.29. The largest absolute Gasteiger partial charge is 0.350 e. The summed E-state index contributed by atoms with van der Waals surface area (Å²) >= 11 is 6.27. The number of benzene rings is 2. The minimum absolute atomic E-state index is 0.0939. The number of nitro groups is 1. The van der Waals surface area contributed by atoms with E-state index >= 15 is 0 Å². The molecule has 0 spiro atoms. The Bertz CT molecular complexity index is 952. The zero-order chi connectivity index (χ0) is 18.8. The molecular formula is C21H20ClN3O2. The number of hydrogen-bond donors (Lipinski definition) is 0. The SMILES string of the molecule is O=[N+]([O-])c1ccc(CN2CCCn3cccc3C2c2cccc(Cl)c2)cc1. The first-order valence-corrected chi connectivity index (χ1v) is 9.37. The second-order valence-corrected chi connectivity index (χ2v) is 7.27. The highest BCUT2D eigenvalue weighted by atomic mass is 35.5. The van der Waals surface area contributed by atoms with Crippen LogP contribution in [0.25, 0.3) is 0 Å². The molecule has 2 aromatic carbocycles. The lowest BCUT2D eigenvalue weighted by molar-refractivity contribution is -0.384. The molecule has 5 nitrogen and oxygen atoms in total. The number of non-ortho nitro benzene ring substituents is 1. The van der Waals surface area contributed by atoms with E-state index in [1.807, 2.05) is 30.3 Å². The summed E-state index contributed by atoms with van der Waals surface area (Å²) in [5.74, 6) is 0. The van der Waals surface area contributed by atoms with E-state index in [2.05, 4.69) is 33.9 Å². The van der Waals surface area contributed by atoms with Crippen LogP contribution in [0.4, 0.5) is 5.69 Å². The average molecular weight is 382 g/mol. The molecule has 2 heterocycles. The van der Waals surface area contributed by atoms with E-state index in [1.165, 1.54) is 5.69 Å². The number of nitrogens with zero attached hydrogens (tertiary/aromatic N) is 3. The van der Waals surface area contributed by atoms with Crippen molar-refractivity contribution < 1.29 is 4.92 Å². The highest BCUT2D eigenvalue weighted by Crippen LogP contribution is 2.34. The average Bonchev–Trinajstić information content (AvgIpc) is 3.03. The van der Waals surface area contributed by atoms with E-state index in [-0.39, 0.29) is 16.7 Å². The fourth-order valence-electron chi connectivity index (χ4n) is 3.83. The summed E-state index contributed by atoms with van der Waals surface area (Å²) < 4.78 is 2.31. The summed E-state index contributed by atoms with van der Waals surface area (Å²) in [4.78, 5) is 13.0. The number of rotatable bonds is 4. The topological polar surface area (TPSA) is 51.3 Å². The molecule has 1 unspecified atom stereocenters. The zero-order valence-corrected chi connectivity index (χ0v) is 15.5. The van der Waals surface area contributed by atoms with Crippen LogP contribution in [-0.2, 0) is 13.1 Å². The van der Waals surface area contributed by atoms with Gasteiger partial charge in [-0.25, -0.2) is 0 Å². The van der Waals surface area contributed by atoms with Gasteiger partial charge in [0.1, 0.15) is 0 Å². The van der Waals surface area contributed by atoms with E-state index in [9.17, 15) is 10.1 Å². The van der Waals surface area contributed by atoms with Crippen molar-refractivity contribution >= 4 is 17.3 Å². The third-order valence-electron chi connectivity index (χ3n) is 5.05. The summed E-state index contributed by atoms with van der Waals surface area (Å²) in [5, 5.41) is 11.6. The van der Waals surface area contributed by atoms with E-state index in [0.717, 1.165) is 42.2 Å². The maximum Gasteiger partial charge on any atom is 0.269 e. The zero-order valence-electron chi connectivity index (χ0n) is 14.8. The molecular weight excluding hydrogens is 362 g/mol. The summed E-state index contributed by atoms with van der Waals surface area (Å²) in [6, 6.07) is 19.2. The molecule has 0 fully saturated rings. The normalized spacial score (nSPS) is 17.3. The van der Waals surface area contributed by atoms with Gasteiger partial charge in [0.15, 0.2) is 0 Å². The first kappa shape index (κ1) is 17.8. The summed E-state index contributed by atoms with van der Waals surface area (Å²) in [7, 11) is 0. The smallest absolute Gasteiger partial charge is 0.269 e. The van der Waals surface area contributed by atoms with Crippen molar-refractivity contribution in [2.75, 3.05) is 6.54 Å². The molecule has 27 heavy (non-hydrogen) atoms. The molecule has 3 aromatic rings. The van der Waals surface area contributed by atoms with E-state index in [1.54, 1.807) is 12.1 Å². The van der Waals surface area contributed by atoms with Gasteiger partial charge < -0.3 is 4.57 Å². The molecule has 1 aliphatic heterocycles. The molecule has 4 rings (SSSR count). The molecule has 1 atom stereocenters. The summed E-state index contributed by atoms with van der Waals surface area (Å²) in [6.45, 7) is 2.65. The maximum absolute atomic E-state index is 10.9. The molecule has 0 amide bonds. The Morgan fingerprint density at radius 2 is 1.89 bits per heavy atom. The van der Waals surface area contributed by atoms with Crippen LogP contribution >= 0.6 is 11.6 Å². The van der Waals surface area contributed by atoms with Gasteiger partial charge in [-0.2, -0.15) is 0 Å². The minimum atomic E-state index is -0.364. The van der Waals surface area contributed by atoms with Gasteiger partial charge >= 0.3 is 0 Å². The van der Waals surface area contributed by atoms with Crippen LogP contribution in [0.15, 0.2) is 66.9 Å². The molecule has 0 radical (unpaired) electrons. The number of nitro benzene ring substituents is 1. The summed E-state index contributed by atoms with van der Waals surface area (Å²) in [5.41, 5.74) is 3.59. The van der Waals surface area contributed by atoms with E-state index < -0.39 is 0 Å². The van der Waals surface area contributed by atoms with Crippen molar-refractivity contribution in [1.82, 2.24) is 9.47 Å². The van der Waals surface area contributed by atoms with Crippen LogP contribution in [0.5, 0.6) is 0 Å². The highest BCUT2D eigenvalue weighted by Gasteiger charge is 2.27. The lowest BCUT2D eigenvalue weighted by atomic mass is 10.0. The Morgan fingerprint density at radius 3 is 2.63 bits per heavy atom. The molecule has 0 saturated carbocycles. The second kappa shape index (κ2) is 7.55. The molecule has 6 heteroatoms. The fourth-order valence-corrected chi connectivity index (χ4v) is 4.02. The van der Waals surface area contributed by atoms with Gasteiger partial charge in [0.05, 0.1) is 11.0 Å². The number of hydrogen-bond acceptors (Lipinski definition) is 3. The molecule has 1 aromatic heterocycles. The Labute approximate surface area is 162 Å². The third kappa shape index (κ3) is 3.75. The number of halogens is 1. The first-order valence-electron chi connectivity index (χ1n) is 9.00. The van der Waals surface area contributed by atoms with Gasteiger partial charge in [-0.05, 0) is 41.8 Å². The molecule has 0 bridgehead atoms. The van der Waals surface area contributed by atoms with Gasteiger partial charge in [0, 0.05) is 48.7 Å². The Hall–Kier alpha value is -2.63. The van der Waals surface area contributed by atoms with Crippen molar-refractivity contribution in [3.63, 3.8) is 0 Å². The van der Waals surface area contributed by atoms with Gasteiger partial charge in [-0.15, -0.1) is 0 Å². The standard InChI is InChI=1S/C21H20ClN3O2/c22-18-5-1-4-17(14-18)21-20-6-2-11-23(20)12-3-13-24(21)15-16-7-9-19(10-8-16)25(26)27/h1-2,4-11,14,21H,3,12-13,15H2. The van der Waals surface area contributed by atoms with Crippen LogP contribution in [0.3, 0.4) is 0 Å². The highest BCUT2D eigenvalue weighted by molar-refractivity contribution is 6.30. The number of aromatic nitrogens is 1. The van der Waals surface area contributed by atoms with Crippen LogP contribution in [0.2, 0.25) is 5.02 Å². The van der Waals surface area contributed by atoms with Crippen molar-refractivity contribution in [3.05, 3.63) is 98.8 Å². The third-order valence-corrected chi connectivity index (χ3v) is 5.29. The summed E-state index contributed by atoms with van der Waals surface area (Å²) in [6.07, 6.45) is 3.17. The first-order chi connectivity index (χ1) is 13.1. The van der Waals surface area contributed by atoms with Crippen molar-refractivity contribution in [2.45, 2.75) is 25.6 Å². The van der Waals surface area contributed by atoms with Crippen LogP contribution < -0.4 is 0 Å². The van der Waals surface area contributed by atoms with Gasteiger partial charge in [0.25, 0.3) is 5.69 Å². The molecule has 0 aliphatic carbocycles. The van der Waals surface area contributed by atoms with E-state index in [0.29, 0.717) is 0 Å². The lowest BCUT2D eigenvalue weighted by Gasteiger charge is -2.30. The monoisotopic (exact) mass is 381 g/mol.